The minimum Gasteiger partial charge on any atom is -0.362 e. The maximum absolute atomic E-state index is 4.21. The molecule has 0 amide bonds. The Morgan fingerprint density at radius 2 is 2.37 bits per heavy atom. The van der Waals surface area contributed by atoms with Crippen LogP contribution in [0.15, 0.2) is 24.5 Å². The van der Waals surface area contributed by atoms with E-state index in [9.17, 15) is 0 Å². The van der Waals surface area contributed by atoms with Gasteiger partial charge in [0.2, 0.25) is 0 Å². The first-order valence-electron chi connectivity index (χ1n) is 7.08. The average Bonchev–Trinajstić information content (AvgIpc) is 3.01. The van der Waals surface area contributed by atoms with E-state index in [-0.39, 0.29) is 0 Å². The van der Waals surface area contributed by atoms with Crippen molar-refractivity contribution in [2.24, 2.45) is 5.92 Å². The second-order valence-corrected chi connectivity index (χ2v) is 6.98. The minimum absolute atomic E-state index is 0.683. The highest BCUT2D eigenvalue weighted by Gasteiger charge is 2.34. The standard InChI is InChI=1S/C15H19N3S/c1-17(13-6-11-3-5-18(9-11)10-13)15-7-12-8-16-4-2-14(12)19-15/h2,4,7-8,11,13H,3,5-6,9-10H2,1H3/t11-,13-/m1/s1. The lowest BCUT2D eigenvalue weighted by Gasteiger charge is -2.36. The van der Waals surface area contributed by atoms with Crippen LogP contribution in [0.5, 0.6) is 0 Å². The Kier molecular flexibility index (Phi) is 2.74. The largest absolute Gasteiger partial charge is 0.362 e. The van der Waals surface area contributed by atoms with Crippen molar-refractivity contribution >= 4 is 26.4 Å². The van der Waals surface area contributed by atoms with Crippen molar-refractivity contribution in [1.82, 2.24) is 9.88 Å². The van der Waals surface area contributed by atoms with Gasteiger partial charge < -0.3 is 9.80 Å². The van der Waals surface area contributed by atoms with E-state index in [4.69, 9.17) is 0 Å². The van der Waals surface area contributed by atoms with Crippen molar-refractivity contribution in [1.29, 1.82) is 0 Å². The second kappa shape index (κ2) is 4.46. The Hall–Kier alpha value is -1.13. The molecule has 2 bridgehead atoms. The number of aromatic nitrogens is 1. The van der Waals surface area contributed by atoms with Crippen LogP contribution < -0.4 is 4.90 Å². The second-order valence-electron chi connectivity index (χ2n) is 5.91. The lowest BCUT2D eigenvalue weighted by molar-refractivity contribution is 0.241. The number of piperidine rings is 1. The first kappa shape index (κ1) is 11.7. The van der Waals surface area contributed by atoms with Gasteiger partial charge in [0, 0.05) is 48.7 Å². The zero-order chi connectivity index (χ0) is 12.8. The van der Waals surface area contributed by atoms with Gasteiger partial charge >= 0.3 is 0 Å². The summed E-state index contributed by atoms with van der Waals surface area (Å²) in [6.07, 6.45) is 6.62. The van der Waals surface area contributed by atoms with Crippen LogP contribution in [-0.4, -0.2) is 42.6 Å². The summed E-state index contributed by atoms with van der Waals surface area (Å²) in [5.41, 5.74) is 0. The molecule has 19 heavy (non-hydrogen) atoms. The van der Waals surface area contributed by atoms with Gasteiger partial charge in [0.15, 0.2) is 0 Å². The summed E-state index contributed by atoms with van der Waals surface area (Å²) in [5, 5.41) is 2.66. The third-order valence-electron chi connectivity index (χ3n) is 4.64. The van der Waals surface area contributed by atoms with Crippen LogP contribution in [0.2, 0.25) is 0 Å². The molecule has 0 aliphatic carbocycles. The van der Waals surface area contributed by atoms with E-state index in [1.165, 1.54) is 47.6 Å². The monoisotopic (exact) mass is 273 g/mol. The molecule has 4 heteroatoms. The van der Waals surface area contributed by atoms with E-state index < -0.39 is 0 Å². The van der Waals surface area contributed by atoms with Crippen LogP contribution in [0.25, 0.3) is 10.1 Å². The first-order valence-corrected chi connectivity index (χ1v) is 7.90. The molecule has 0 radical (unpaired) electrons. The minimum atomic E-state index is 0.683. The fourth-order valence-corrected chi connectivity index (χ4v) is 4.60. The number of nitrogens with zero attached hydrogens (tertiary/aromatic N) is 3. The van der Waals surface area contributed by atoms with Gasteiger partial charge in [0.1, 0.15) is 0 Å². The van der Waals surface area contributed by atoms with E-state index in [0.29, 0.717) is 6.04 Å². The van der Waals surface area contributed by atoms with Gasteiger partial charge in [0.25, 0.3) is 0 Å². The van der Waals surface area contributed by atoms with Crippen molar-refractivity contribution in [3.05, 3.63) is 24.5 Å². The molecule has 2 aliphatic rings. The highest BCUT2D eigenvalue weighted by molar-refractivity contribution is 7.22. The molecule has 0 N–H and O–H groups in total. The maximum Gasteiger partial charge on any atom is 0.0921 e. The van der Waals surface area contributed by atoms with Gasteiger partial charge in [-0.25, -0.2) is 0 Å². The molecule has 2 fully saturated rings. The lowest BCUT2D eigenvalue weighted by Crippen LogP contribution is -2.45. The molecule has 3 atom stereocenters. The molecule has 0 aromatic carbocycles. The molecule has 1 unspecified atom stereocenters. The molecule has 0 saturated carbocycles. The molecule has 3 nitrogen and oxygen atoms in total. The normalized spacial score (nSPS) is 29.8. The molecule has 2 saturated heterocycles. The Balaban J connectivity index is 1.60. The average molecular weight is 273 g/mol. The Morgan fingerprint density at radius 1 is 1.42 bits per heavy atom. The summed E-state index contributed by atoms with van der Waals surface area (Å²) in [7, 11) is 2.26. The van der Waals surface area contributed by atoms with E-state index in [0.717, 1.165) is 5.92 Å². The van der Waals surface area contributed by atoms with Crippen LogP contribution in [0.1, 0.15) is 12.8 Å². The molecular formula is C15H19N3S. The van der Waals surface area contributed by atoms with Gasteiger partial charge in [-0.1, -0.05) is 0 Å². The predicted molar refractivity (Wildman–Crippen MR) is 81.0 cm³/mol. The highest BCUT2D eigenvalue weighted by Crippen LogP contribution is 2.36. The smallest absolute Gasteiger partial charge is 0.0921 e. The summed E-state index contributed by atoms with van der Waals surface area (Å²) in [4.78, 5) is 9.34. The fourth-order valence-electron chi connectivity index (χ4n) is 3.53. The Morgan fingerprint density at radius 3 is 3.21 bits per heavy atom. The van der Waals surface area contributed by atoms with Crippen LogP contribution >= 0.6 is 11.3 Å². The van der Waals surface area contributed by atoms with Gasteiger partial charge in [-0.3, -0.25) is 4.98 Å². The van der Waals surface area contributed by atoms with Gasteiger partial charge in [-0.05, 0) is 37.4 Å². The SMILES string of the molecule is CN(c1cc2cnccc2s1)[C@@H]1C[C@H]2CCN(C2)C1. The molecule has 2 aliphatic heterocycles. The quantitative estimate of drug-likeness (QED) is 0.839. The number of anilines is 1. The summed E-state index contributed by atoms with van der Waals surface area (Å²) < 4.78 is 1.34. The highest BCUT2D eigenvalue weighted by atomic mass is 32.1. The summed E-state index contributed by atoms with van der Waals surface area (Å²) in [6.45, 7) is 3.88. The Labute approximate surface area is 117 Å². The zero-order valence-corrected chi connectivity index (χ0v) is 12.1. The third kappa shape index (κ3) is 2.03. The summed E-state index contributed by atoms with van der Waals surface area (Å²) >= 11 is 1.89. The number of likely N-dealkylation sites (N-methyl/N-ethyl adjacent to an activating group) is 1. The zero-order valence-electron chi connectivity index (χ0n) is 11.2. The molecular weight excluding hydrogens is 254 g/mol. The molecule has 4 heterocycles. The number of hydrogen-bond donors (Lipinski definition) is 0. The van der Waals surface area contributed by atoms with E-state index in [2.05, 4.69) is 34.0 Å². The molecule has 2 aromatic rings. The van der Waals surface area contributed by atoms with E-state index in [1.54, 1.807) is 0 Å². The van der Waals surface area contributed by atoms with Crippen molar-refractivity contribution in [3.8, 4) is 0 Å². The predicted octanol–water partition coefficient (Wildman–Crippen LogP) is 2.83. The first-order chi connectivity index (χ1) is 9.29. The fraction of sp³-hybridized carbons (Fsp3) is 0.533. The summed E-state index contributed by atoms with van der Waals surface area (Å²) in [6, 6.07) is 5.09. The number of rotatable bonds is 2. The number of fused-ring (bicyclic) bond motifs is 3. The van der Waals surface area contributed by atoms with Crippen LogP contribution in [0.4, 0.5) is 5.00 Å². The van der Waals surface area contributed by atoms with Crippen LogP contribution in [0, 0.1) is 5.92 Å². The van der Waals surface area contributed by atoms with Crippen molar-refractivity contribution in [2.75, 3.05) is 31.6 Å². The number of pyridine rings is 1. The Bertz CT molecular complexity index is 549. The van der Waals surface area contributed by atoms with E-state index >= 15 is 0 Å². The van der Waals surface area contributed by atoms with E-state index in [1.807, 2.05) is 23.7 Å². The number of thiophene rings is 1. The third-order valence-corrected chi connectivity index (χ3v) is 5.85. The van der Waals surface area contributed by atoms with Gasteiger partial charge in [-0.15, -0.1) is 11.3 Å². The lowest BCUT2D eigenvalue weighted by atomic mass is 9.96. The topological polar surface area (TPSA) is 19.4 Å². The van der Waals surface area contributed by atoms with Crippen molar-refractivity contribution in [2.45, 2.75) is 18.9 Å². The molecule has 4 rings (SSSR count). The maximum atomic E-state index is 4.21. The van der Waals surface area contributed by atoms with Gasteiger partial charge in [-0.2, -0.15) is 0 Å². The number of hydrogen-bond acceptors (Lipinski definition) is 4. The molecule has 0 spiro atoms. The summed E-state index contributed by atoms with van der Waals surface area (Å²) in [5.74, 6) is 0.928. The van der Waals surface area contributed by atoms with Crippen molar-refractivity contribution in [3.63, 3.8) is 0 Å². The van der Waals surface area contributed by atoms with Crippen molar-refractivity contribution < 1.29 is 0 Å². The van der Waals surface area contributed by atoms with Crippen LogP contribution in [0.3, 0.4) is 0 Å². The molecule has 100 valence electrons. The van der Waals surface area contributed by atoms with Crippen LogP contribution in [-0.2, 0) is 0 Å². The van der Waals surface area contributed by atoms with Gasteiger partial charge in [0.05, 0.1) is 5.00 Å². The molecule has 2 aromatic heterocycles.